The van der Waals surface area contributed by atoms with Crippen molar-refractivity contribution in [1.82, 2.24) is 19.4 Å². The van der Waals surface area contributed by atoms with Gasteiger partial charge in [0.25, 0.3) is 5.91 Å². The van der Waals surface area contributed by atoms with Gasteiger partial charge >= 0.3 is 6.18 Å². The van der Waals surface area contributed by atoms with Crippen molar-refractivity contribution in [1.29, 1.82) is 0 Å². The Morgan fingerprint density at radius 2 is 2.09 bits per heavy atom. The number of alkyl halides is 3. The van der Waals surface area contributed by atoms with Gasteiger partial charge in [-0.3, -0.25) is 9.78 Å². The molecule has 22 heavy (non-hydrogen) atoms. The van der Waals surface area contributed by atoms with Crippen molar-refractivity contribution in [3.05, 3.63) is 48.3 Å². The third kappa shape index (κ3) is 2.95. The molecule has 1 fully saturated rings. The molecule has 0 atom stereocenters. The fourth-order valence-corrected chi connectivity index (χ4v) is 2.41. The number of pyridine rings is 1. The smallest absolute Gasteiger partial charge is 0.338 e. The molecule has 0 radical (unpaired) electrons. The molecule has 0 bridgehead atoms. The molecule has 0 N–H and O–H groups in total. The third-order valence-corrected chi connectivity index (χ3v) is 3.57. The van der Waals surface area contributed by atoms with Crippen LogP contribution in [0.25, 0.3) is 0 Å². The van der Waals surface area contributed by atoms with Crippen molar-refractivity contribution in [3.63, 3.8) is 0 Å². The largest absolute Gasteiger partial charge is 0.433 e. The van der Waals surface area contributed by atoms with Crippen LogP contribution in [0.15, 0.2) is 37.1 Å². The van der Waals surface area contributed by atoms with Crippen molar-refractivity contribution < 1.29 is 18.0 Å². The van der Waals surface area contributed by atoms with E-state index in [1.54, 1.807) is 17.4 Å². The Morgan fingerprint density at radius 1 is 1.32 bits per heavy atom. The SMILES string of the molecule is O=C(c1ccc(C(F)(F)F)nc1)N1CC(Cn2ccnc2)C1. The molecule has 1 aliphatic heterocycles. The molecule has 2 aromatic rings. The van der Waals surface area contributed by atoms with Crippen LogP contribution in [0.2, 0.25) is 0 Å². The van der Waals surface area contributed by atoms with E-state index in [9.17, 15) is 18.0 Å². The molecule has 1 aliphatic rings. The van der Waals surface area contributed by atoms with E-state index in [0.29, 0.717) is 19.0 Å². The maximum Gasteiger partial charge on any atom is 0.433 e. The summed E-state index contributed by atoms with van der Waals surface area (Å²) in [6, 6.07) is 2.00. The van der Waals surface area contributed by atoms with Crippen molar-refractivity contribution in [2.24, 2.45) is 5.92 Å². The molecule has 8 heteroatoms. The first-order chi connectivity index (χ1) is 10.4. The van der Waals surface area contributed by atoms with Gasteiger partial charge in [-0.1, -0.05) is 0 Å². The number of hydrogen-bond donors (Lipinski definition) is 0. The van der Waals surface area contributed by atoms with Crippen LogP contribution < -0.4 is 0 Å². The molecule has 0 spiro atoms. The van der Waals surface area contributed by atoms with Gasteiger partial charge < -0.3 is 9.47 Å². The van der Waals surface area contributed by atoms with Crippen LogP contribution in [-0.2, 0) is 12.7 Å². The van der Waals surface area contributed by atoms with Crippen LogP contribution >= 0.6 is 0 Å². The van der Waals surface area contributed by atoms with Gasteiger partial charge in [-0.05, 0) is 12.1 Å². The lowest BCUT2D eigenvalue weighted by Gasteiger charge is -2.39. The van der Waals surface area contributed by atoms with E-state index >= 15 is 0 Å². The van der Waals surface area contributed by atoms with Crippen molar-refractivity contribution in [3.8, 4) is 0 Å². The van der Waals surface area contributed by atoms with Crippen molar-refractivity contribution in [2.75, 3.05) is 13.1 Å². The average molecular weight is 310 g/mol. The van der Waals surface area contributed by atoms with E-state index in [1.807, 2.05) is 10.8 Å². The number of rotatable bonds is 3. The number of carbonyl (C=O) groups excluding carboxylic acids is 1. The van der Waals surface area contributed by atoms with Crippen LogP contribution in [0.3, 0.4) is 0 Å². The summed E-state index contributed by atoms with van der Waals surface area (Å²) >= 11 is 0. The number of hydrogen-bond acceptors (Lipinski definition) is 3. The molecule has 0 aliphatic carbocycles. The summed E-state index contributed by atoms with van der Waals surface area (Å²) in [6.07, 6.45) is 1.74. The zero-order valence-electron chi connectivity index (χ0n) is 11.5. The van der Waals surface area contributed by atoms with Crippen LogP contribution in [0.1, 0.15) is 16.1 Å². The normalized spacial score (nSPS) is 15.7. The fraction of sp³-hybridized carbons (Fsp3) is 0.357. The van der Waals surface area contributed by atoms with Gasteiger partial charge in [0.15, 0.2) is 0 Å². The summed E-state index contributed by atoms with van der Waals surface area (Å²) in [7, 11) is 0. The van der Waals surface area contributed by atoms with Gasteiger partial charge in [-0.15, -0.1) is 0 Å². The highest BCUT2D eigenvalue weighted by atomic mass is 19.4. The Kier molecular flexibility index (Phi) is 3.59. The van der Waals surface area contributed by atoms with E-state index in [4.69, 9.17) is 0 Å². The van der Waals surface area contributed by atoms with Gasteiger partial charge in [-0.2, -0.15) is 13.2 Å². The van der Waals surface area contributed by atoms with Crippen molar-refractivity contribution >= 4 is 5.91 Å². The van der Waals surface area contributed by atoms with Crippen LogP contribution in [-0.4, -0.2) is 38.4 Å². The predicted octanol–water partition coefficient (Wildman–Crippen LogP) is 2.07. The second-order valence-corrected chi connectivity index (χ2v) is 5.27. The molecule has 0 unspecified atom stereocenters. The Bertz CT molecular complexity index is 646. The number of nitrogens with zero attached hydrogens (tertiary/aromatic N) is 4. The molecule has 3 rings (SSSR count). The van der Waals surface area contributed by atoms with E-state index in [-0.39, 0.29) is 11.5 Å². The molecular formula is C14H13F3N4O. The topological polar surface area (TPSA) is 51.0 Å². The number of halogens is 3. The van der Waals surface area contributed by atoms with Crippen LogP contribution in [0, 0.1) is 5.92 Å². The lowest BCUT2D eigenvalue weighted by molar-refractivity contribution is -0.141. The summed E-state index contributed by atoms with van der Waals surface area (Å²) in [5, 5.41) is 0. The summed E-state index contributed by atoms with van der Waals surface area (Å²) in [6.45, 7) is 1.94. The molecule has 5 nitrogen and oxygen atoms in total. The summed E-state index contributed by atoms with van der Waals surface area (Å²) in [4.78, 5) is 21.0. The first-order valence-electron chi connectivity index (χ1n) is 6.72. The molecule has 2 aromatic heterocycles. The molecule has 3 heterocycles. The number of aromatic nitrogens is 3. The van der Waals surface area contributed by atoms with E-state index in [2.05, 4.69) is 9.97 Å². The minimum absolute atomic E-state index is 0.175. The standard InChI is InChI=1S/C14H13F3N4O/c15-14(16,17)12-2-1-11(5-19-12)13(22)21-7-10(8-21)6-20-4-3-18-9-20/h1-5,9-10H,6-8H2. The van der Waals surface area contributed by atoms with Gasteiger partial charge in [-0.25, -0.2) is 4.98 Å². The fourth-order valence-electron chi connectivity index (χ4n) is 2.41. The Balaban J connectivity index is 1.57. The highest BCUT2D eigenvalue weighted by Crippen LogP contribution is 2.27. The minimum atomic E-state index is -4.49. The van der Waals surface area contributed by atoms with Crippen LogP contribution in [0.5, 0.6) is 0 Å². The predicted molar refractivity (Wildman–Crippen MR) is 70.9 cm³/mol. The highest BCUT2D eigenvalue weighted by Gasteiger charge is 2.34. The quantitative estimate of drug-likeness (QED) is 0.872. The summed E-state index contributed by atoms with van der Waals surface area (Å²) in [5.74, 6) is 0.0451. The van der Waals surface area contributed by atoms with Crippen LogP contribution in [0.4, 0.5) is 13.2 Å². The summed E-state index contributed by atoms with van der Waals surface area (Å²) < 4.78 is 39.2. The Labute approximate surface area is 124 Å². The maximum absolute atomic E-state index is 12.4. The average Bonchev–Trinajstić information content (AvgIpc) is 2.94. The number of amides is 1. The van der Waals surface area contributed by atoms with E-state index in [0.717, 1.165) is 18.8 Å². The molecule has 1 amide bonds. The lowest BCUT2D eigenvalue weighted by Crippen LogP contribution is -2.51. The highest BCUT2D eigenvalue weighted by molar-refractivity contribution is 5.94. The minimum Gasteiger partial charge on any atom is -0.338 e. The lowest BCUT2D eigenvalue weighted by atomic mass is 9.99. The monoisotopic (exact) mass is 310 g/mol. The van der Waals surface area contributed by atoms with E-state index < -0.39 is 11.9 Å². The zero-order chi connectivity index (χ0) is 15.7. The van der Waals surface area contributed by atoms with Gasteiger partial charge in [0, 0.05) is 44.1 Å². The Morgan fingerprint density at radius 3 is 2.64 bits per heavy atom. The molecular weight excluding hydrogens is 297 g/mol. The zero-order valence-corrected chi connectivity index (χ0v) is 11.5. The number of carbonyl (C=O) groups is 1. The van der Waals surface area contributed by atoms with Gasteiger partial charge in [0.1, 0.15) is 5.69 Å². The third-order valence-electron chi connectivity index (χ3n) is 3.57. The molecule has 116 valence electrons. The number of imidazole rings is 1. The second-order valence-electron chi connectivity index (χ2n) is 5.27. The first-order valence-corrected chi connectivity index (χ1v) is 6.72. The second kappa shape index (κ2) is 5.43. The van der Waals surface area contributed by atoms with Gasteiger partial charge in [0.2, 0.25) is 0 Å². The maximum atomic E-state index is 12.4. The number of likely N-dealkylation sites (tertiary alicyclic amines) is 1. The molecule has 1 saturated heterocycles. The van der Waals surface area contributed by atoms with E-state index in [1.165, 1.54) is 6.07 Å². The first kappa shape index (κ1) is 14.6. The van der Waals surface area contributed by atoms with Gasteiger partial charge in [0.05, 0.1) is 11.9 Å². The molecule has 0 saturated carbocycles. The van der Waals surface area contributed by atoms with Crippen molar-refractivity contribution in [2.45, 2.75) is 12.7 Å². The molecule has 0 aromatic carbocycles. The Hall–Kier alpha value is -2.38. The summed E-state index contributed by atoms with van der Waals surface area (Å²) in [5.41, 5.74) is -0.820.